The zero-order valence-electron chi connectivity index (χ0n) is 12.8. The lowest BCUT2D eigenvalue weighted by Gasteiger charge is -2.43. The molecule has 0 aliphatic carbocycles. The minimum absolute atomic E-state index is 0.512. The highest BCUT2D eigenvalue weighted by Crippen LogP contribution is 2.28. The van der Waals surface area contributed by atoms with Gasteiger partial charge in [-0.2, -0.15) is 0 Å². The molecule has 9 nitrogen and oxygen atoms in total. The van der Waals surface area contributed by atoms with E-state index in [0.29, 0.717) is 0 Å². The normalized spacial score (nSPS) is 31.2. The molecule has 126 valence electrons. The Kier molecular flexibility index (Phi) is 6.72. The standard InChI is InChI=1S/C13H20O9/c1-6(15)19-10-9(5-14)22-13(18-4)12(21-8(3)17)11(10)20-7(2)16/h9-14H,5H2,1-4H3/t9-,10-,11+,12+,13-/m0/s1. The molecule has 0 amide bonds. The van der Waals surface area contributed by atoms with Crippen LogP contribution in [0.4, 0.5) is 0 Å². The van der Waals surface area contributed by atoms with Crippen molar-refractivity contribution in [1.29, 1.82) is 0 Å². The fourth-order valence-corrected chi connectivity index (χ4v) is 2.19. The highest BCUT2D eigenvalue weighted by Gasteiger charge is 2.51. The van der Waals surface area contributed by atoms with E-state index in [-0.39, 0.29) is 0 Å². The summed E-state index contributed by atoms with van der Waals surface area (Å²) < 4.78 is 25.7. The zero-order valence-corrected chi connectivity index (χ0v) is 12.8. The van der Waals surface area contributed by atoms with Gasteiger partial charge < -0.3 is 28.8 Å². The summed E-state index contributed by atoms with van der Waals surface area (Å²) in [7, 11) is 1.30. The third kappa shape index (κ3) is 4.65. The molecule has 1 rings (SSSR count). The first-order chi connectivity index (χ1) is 10.3. The minimum atomic E-state index is -1.17. The van der Waals surface area contributed by atoms with Gasteiger partial charge in [-0.25, -0.2) is 0 Å². The Bertz CT molecular complexity index is 392. The van der Waals surface area contributed by atoms with E-state index in [1.54, 1.807) is 0 Å². The highest BCUT2D eigenvalue weighted by atomic mass is 16.7. The SMILES string of the molecule is CO[C@H]1O[C@@H](CO)[C@H](OC(C)=O)[C@@H](OC(C)=O)[C@H]1OC(C)=O. The van der Waals surface area contributed by atoms with Crippen molar-refractivity contribution in [1.82, 2.24) is 0 Å². The molecule has 0 aromatic rings. The average Bonchev–Trinajstić information content (AvgIpc) is 2.41. The number of rotatable bonds is 5. The maximum atomic E-state index is 11.3. The van der Waals surface area contributed by atoms with E-state index in [2.05, 4.69) is 0 Å². The van der Waals surface area contributed by atoms with Crippen LogP contribution in [-0.2, 0) is 38.1 Å². The fourth-order valence-electron chi connectivity index (χ4n) is 2.19. The Morgan fingerprint density at radius 3 is 1.77 bits per heavy atom. The Morgan fingerprint density at radius 2 is 1.36 bits per heavy atom. The van der Waals surface area contributed by atoms with E-state index in [0.717, 1.165) is 20.8 Å². The Labute approximate surface area is 127 Å². The lowest BCUT2D eigenvalue weighted by molar-refractivity contribution is -0.302. The molecule has 1 N–H and O–H groups in total. The molecule has 0 saturated carbocycles. The number of aliphatic hydroxyl groups excluding tert-OH is 1. The predicted molar refractivity (Wildman–Crippen MR) is 69.4 cm³/mol. The van der Waals surface area contributed by atoms with Gasteiger partial charge in [0.2, 0.25) is 0 Å². The lowest BCUT2D eigenvalue weighted by atomic mass is 9.98. The van der Waals surface area contributed by atoms with Crippen LogP contribution in [0.25, 0.3) is 0 Å². The van der Waals surface area contributed by atoms with Crippen molar-refractivity contribution in [2.75, 3.05) is 13.7 Å². The summed E-state index contributed by atoms with van der Waals surface area (Å²) in [4.78, 5) is 33.8. The molecule has 9 heteroatoms. The molecule has 5 atom stereocenters. The second-order valence-corrected chi connectivity index (χ2v) is 4.68. The Morgan fingerprint density at radius 1 is 0.909 bits per heavy atom. The molecule has 22 heavy (non-hydrogen) atoms. The fraction of sp³-hybridized carbons (Fsp3) is 0.769. The molecule has 1 aliphatic rings. The molecule has 0 spiro atoms. The van der Waals surface area contributed by atoms with Crippen LogP contribution in [0.5, 0.6) is 0 Å². The van der Waals surface area contributed by atoms with E-state index in [1.807, 2.05) is 0 Å². The number of carbonyl (C=O) groups excluding carboxylic acids is 3. The number of carbonyl (C=O) groups is 3. The number of methoxy groups -OCH3 is 1. The molecule has 0 aromatic heterocycles. The molecule has 1 heterocycles. The number of esters is 3. The maximum Gasteiger partial charge on any atom is 0.303 e. The summed E-state index contributed by atoms with van der Waals surface area (Å²) in [6, 6.07) is 0. The molecule has 1 fully saturated rings. The number of hydrogen-bond acceptors (Lipinski definition) is 9. The highest BCUT2D eigenvalue weighted by molar-refractivity contribution is 5.68. The van der Waals surface area contributed by atoms with Gasteiger partial charge in [0.15, 0.2) is 24.6 Å². The minimum Gasteiger partial charge on any atom is -0.456 e. The Balaban J connectivity index is 3.14. The van der Waals surface area contributed by atoms with Crippen LogP contribution in [0.2, 0.25) is 0 Å². The molecule has 1 aliphatic heterocycles. The lowest BCUT2D eigenvalue weighted by Crippen LogP contribution is -2.62. The molecule has 1 saturated heterocycles. The monoisotopic (exact) mass is 320 g/mol. The average molecular weight is 320 g/mol. The smallest absolute Gasteiger partial charge is 0.303 e. The molecular weight excluding hydrogens is 300 g/mol. The molecule has 0 unspecified atom stereocenters. The largest absolute Gasteiger partial charge is 0.456 e. The summed E-state index contributed by atoms with van der Waals surface area (Å²) in [5.41, 5.74) is 0. The van der Waals surface area contributed by atoms with Crippen molar-refractivity contribution in [3.63, 3.8) is 0 Å². The molecule has 0 bridgehead atoms. The van der Waals surface area contributed by atoms with E-state index in [1.165, 1.54) is 7.11 Å². The van der Waals surface area contributed by atoms with E-state index >= 15 is 0 Å². The third-order valence-corrected chi connectivity index (χ3v) is 2.91. The first-order valence-electron chi connectivity index (χ1n) is 6.61. The first kappa shape index (κ1) is 18.3. The zero-order chi connectivity index (χ0) is 16.9. The Hall–Kier alpha value is -1.71. The topological polar surface area (TPSA) is 118 Å². The quantitative estimate of drug-likeness (QED) is 0.510. The summed E-state index contributed by atoms with van der Waals surface area (Å²) in [5, 5.41) is 9.39. The summed E-state index contributed by atoms with van der Waals surface area (Å²) in [6.07, 6.45) is -5.52. The second kappa shape index (κ2) is 8.06. The van der Waals surface area contributed by atoms with E-state index in [9.17, 15) is 19.5 Å². The van der Waals surface area contributed by atoms with Crippen LogP contribution in [0.15, 0.2) is 0 Å². The van der Waals surface area contributed by atoms with Crippen LogP contribution >= 0.6 is 0 Å². The van der Waals surface area contributed by atoms with Gasteiger partial charge in [0, 0.05) is 27.9 Å². The van der Waals surface area contributed by atoms with Crippen LogP contribution in [0, 0.1) is 0 Å². The summed E-state index contributed by atoms with van der Waals surface area (Å²) in [6.45, 7) is 2.96. The third-order valence-electron chi connectivity index (χ3n) is 2.91. The van der Waals surface area contributed by atoms with E-state index in [4.69, 9.17) is 23.7 Å². The van der Waals surface area contributed by atoms with Gasteiger partial charge >= 0.3 is 17.9 Å². The van der Waals surface area contributed by atoms with Gasteiger partial charge in [0.05, 0.1) is 6.61 Å². The van der Waals surface area contributed by atoms with Gasteiger partial charge in [-0.15, -0.1) is 0 Å². The van der Waals surface area contributed by atoms with Gasteiger partial charge in [0.25, 0.3) is 0 Å². The van der Waals surface area contributed by atoms with Gasteiger partial charge in [-0.3, -0.25) is 14.4 Å². The van der Waals surface area contributed by atoms with Gasteiger partial charge in [0.1, 0.15) is 6.10 Å². The summed E-state index contributed by atoms with van der Waals surface area (Å²) in [5.74, 6) is -1.99. The number of ether oxygens (including phenoxy) is 5. The van der Waals surface area contributed by atoms with Gasteiger partial charge in [-0.1, -0.05) is 0 Å². The molecule has 0 radical (unpaired) electrons. The van der Waals surface area contributed by atoms with Crippen molar-refractivity contribution in [3.05, 3.63) is 0 Å². The van der Waals surface area contributed by atoms with Crippen molar-refractivity contribution in [2.45, 2.75) is 51.5 Å². The van der Waals surface area contributed by atoms with Crippen LogP contribution in [0.1, 0.15) is 20.8 Å². The van der Waals surface area contributed by atoms with Crippen molar-refractivity contribution < 1.29 is 43.2 Å². The summed E-state index contributed by atoms with van der Waals surface area (Å²) >= 11 is 0. The van der Waals surface area contributed by atoms with Crippen LogP contribution < -0.4 is 0 Å². The number of hydrogen-bond donors (Lipinski definition) is 1. The van der Waals surface area contributed by atoms with Crippen LogP contribution in [0.3, 0.4) is 0 Å². The maximum absolute atomic E-state index is 11.3. The van der Waals surface area contributed by atoms with E-state index < -0.39 is 55.2 Å². The van der Waals surface area contributed by atoms with Crippen molar-refractivity contribution in [2.24, 2.45) is 0 Å². The first-order valence-corrected chi connectivity index (χ1v) is 6.61. The van der Waals surface area contributed by atoms with Gasteiger partial charge in [-0.05, 0) is 0 Å². The van der Waals surface area contributed by atoms with Crippen LogP contribution in [-0.4, -0.2) is 67.4 Å². The van der Waals surface area contributed by atoms with Crippen molar-refractivity contribution in [3.8, 4) is 0 Å². The second-order valence-electron chi connectivity index (χ2n) is 4.68. The predicted octanol–water partition coefficient (Wildman–Crippen LogP) is -0.855. The molecular formula is C13H20O9. The number of aliphatic hydroxyl groups is 1. The molecule has 0 aromatic carbocycles. The van der Waals surface area contributed by atoms with Crippen molar-refractivity contribution >= 4 is 17.9 Å².